The van der Waals surface area contributed by atoms with Crippen molar-refractivity contribution in [2.45, 2.75) is 74.3 Å². The maximum absolute atomic E-state index is 10.2. The quantitative estimate of drug-likeness (QED) is 0.245. The highest BCUT2D eigenvalue weighted by Crippen LogP contribution is 2.29. The van der Waals surface area contributed by atoms with Gasteiger partial charge in [-0.1, -0.05) is 0 Å². The van der Waals surface area contributed by atoms with E-state index in [1.165, 1.54) is 6.92 Å². The van der Waals surface area contributed by atoms with Gasteiger partial charge in [0.15, 0.2) is 6.29 Å². The van der Waals surface area contributed by atoms with E-state index in [4.69, 9.17) is 9.47 Å². The molecule has 0 spiro atoms. The van der Waals surface area contributed by atoms with Gasteiger partial charge in [-0.05, 0) is 6.92 Å². The van der Waals surface area contributed by atoms with Gasteiger partial charge in [-0.25, -0.2) is 0 Å². The Morgan fingerprint density at radius 3 is 1.64 bits per heavy atom. The third kappa shape index (κ3) is 2.99. The lowest BCUT2D eigenvalue weighted by atomic mass is 9.87. The third-order valence-electron chi connectivity index (χ3n) is 4.19. The number of ether oxygens (including phenoxy) is 2. The largest absolute Gasteiger partial charge is 0.388 e. The van der Waals surface area contributed by atoms with Crippen molar-refractivity contribution in [2.24, 2.45) is 0 Å². The van der Waals surface area contributed by atoms with Crippen LogP contribution in [0.2, 0.25) is 0 Å². The van der Waals surface area contributed by atoms with Gasteiger partial charge in [-0.15, -0.1) is 0 Å². The van der Waals surface area contributed by atoms with Gasteiger partial charge in [0.05, 0.1) is 6.10 Å². The molecule has 0 aromatic heterocycles. The van der Waals surface area contributed by atoms with E-state index in [1.54, 1.807) is 0 Å². The first kappa shape index (κ1) is 17.9. The highest BCUT2D eigenvalue weighted by molar-refractivity contribution is 5.00. The van der Waals surface area contributed by atoms with Gasteiger partial charge in [-0.2, -0.15) is 0 Å². The highest BCUT2D eigenvalue weighted by Gasteiger charge is 2.52. The molecule has 0 saturated carbocycles. The molecular formula is C12H22O10. The van der Waals surface area contributed by atoms with E-state index in [1.807, 2.05) is 0 Å². The molecule has 2 fully saturated rings. The van der Waals surface area contributed by atoms with Crippen LogP contribution in [0.4, 0.5) is 0 Å². The predicted molar refractivity (Wildman–Crippen MR) is 67.3 cm³/mol. The molecule has 1 unspecified atom stereocenters. The van der Waals surface area contributed by atoms with Crippen LogP contribution in [0.3, 0.4) is 0 Å². The van der Waals surface area contributed by atoms with Crippen LogP contribution in [0, 0.1) is 0 Å². The van der Waals surface area contributed by atoms with Crippen molar-refractivity contribution in [3.63, 3.8) is 0 Å². The van der Waals surface area contributed by atoms with E-state index in [2.05, 4.69) is 0 Å². The van der Waals surface area contributed by atoms with Crippen LogP contribution in [-0.2, 0) is 9.47 Å². The Morgan fingerprint density at radius 1 is 0.636 bits per heavy atom. The second kappa shape index (κ2) is 6.61. The van der Waals surface area contributed by atoms with Gasteiger partial charge in [0.1, 0.15) is 54.9 Å². The fraction of sp³-hybridized carbons (Fsp3) is 1.00. The Hall–Kier alpha value is -0.400. The van der Waals surface area contributed by atoms with Crippen LogP contribution in [-0.4, -0.2) is 108 Å². The molecule has 22 heavy (non-hydrogen) atoms. The minimum absolute atomic E-state index is 0.917. The summed E-state index contributed by atoms with van der Waals surface area (Å²) in [6.07, 6.45) is -17.5. The second-order valence-electron chi connectivity index (χ2n) is 5.73. The number of aliphatic hydroxyl groups is 8. The molecule has 10 heteroatoms. The Labute approximate surface area is 125 Å². The predicted octanol–water partition coefficient (Wildman–Crippen LogP) is -4.98. The first-order valence-corrected chi connectivity index (χ1v) is 6.92. The zero-order chi connectivity index (χ0) is 16.8. The monoisotopic (exact) mass is 326 g/mol. The molecule has 2 aliphatic rings. The van der Waals surface area contributed by atoms with Crippen LogP contribution < -0.4 is 0 Å². The molecule has 8 N–H and O–H groups in total. The first-order chi connectivity index (χ1) is 10.2. The van der Waals surface area contributed by atoms with Gasteiger partial charge < -0.3 is 50.3 Å². The summed E-state index contributed by atoms with van der Waals surface area (Å²) in [6.45, 7) is 1.41. The van der Waals surface area contributed by atoms with Crippen LogP contribution in [0.25, 0.3) is 0 Å². The van der Waals surface area contributed by atoms with Crippen molar-refractivity contribution in [2.75, 3.05) is 0 Å². The van der Waals surface area contributed by atoms with E-state index < -0.39 is 67.3 Å². The van der Waals surface area contributed by atoms with E-state index in [-0.39, 0.29) is 0 Å². The molecule has 130 valence electrons. The molecule has 10 nitrogen and oxygen atoms in total. The minimum atomic E-state index is -1.85. The number of aliphatic hydroxyl groups excluding tert-OH is 8. The first-order valence-electron chi connectivity index (χ1n) is 6.92. The number of rotatable bonds is 2. The van der Waals surface area contributed by atoms with Crippen LogP contribution in [0.15, 0.2) is 0 Å². The van der Waals surface area contributed by atoms with Crippen molar-refractivity contribution in [3.05, 3.63) is 0 Å². The van der Waals surface area contributed by atoms with Crippen molar-refractivity contribution in [1.29, 1.82) is 0 Å². The zero-order valence-corrected chi connectivity index (χ0v) is 11.7. The van der Waals surface area contributed by atoms with E-state index >= 15 is 0 Å². The summed E-state index contributed by atoms with van der Waals surface area (Å²) >= 11 is 0. The molecule has 2 rings (SSSR count). The molecule has 2 heterocycles. The van der Waals surface area contributed by atoms with Crippen LogP contribution in [0.1, 0.15) is 6.92 Å². The lowest BCUT2D eigenvalue weighted by Gasteiger charge is -2.46. The molecule has 0 aliphatic carbocycles. The summed E-state index contributed by atoms with van der Waals surface area (Å²) < 4.78 is 10.1. The Kier molecular flexibility index (Phi) is 5.39. The molecular weight excluding hydrogens is 304 g/mol. The van der Waals surface area contributed by atoms with Gasteiger partial charge in [0, 0.05) is 0 Å². The lowest BCUT2D eigenvalue weighted by molar-refractivity contribution is -0.317. The number of hydrogen-bond acceptors (Lipinski definition) is 10. The van der Waals surface area contributed by atoms with Crippen molar-refractivity contribution in [1.82, 2.24) is 0 Å². The van der Waals surface area contributed by atoms with Crippen LogP contribution >= 0.6 is 0 Å². The molecule has 0 aromatic rings. The average Bonchev–Trinajstić information content (AvgIpc) is 2.49. The summed E-state index contributed by atoms with van der Waals surface area (Å²) in [5.74, 6) is 0. The highest BCUT2D eigenvalue weighted by atomic mass is 16.6. The van der Waals surface area contributed by atoms with E-state index in [0.29, 0.717) is 0 Å². The Balaban J connectivity index is 2.14. The molecule has 2 aliphatic heterocycles. The summed E-state index contributed by atoms with van der Waals surface area (Å²) in [5.41, 5.74) is 0. The molecule has 11 atom stereocenters. The normalized spacial score (nSPS) is 55.0. The fourth-order valence-electron chi connectivity index (χ4n) is 2.72. The van der Waals surface area contributed by atoms with Crippen molar-refractivity contribution >= 4 is 0 Å². The van der Waals surface area contributed by atoms with Crippen molar-refractivity contribution < 1.29 is 50.3 Å². The van der Waals surface area contributed by atoms with Gasteiger partial charge in [-0.3, -0.25) is 0 Å². The number of hydrogen-bond donors (Lipinski definition) is 8. The summed E-state index contributed by atoms with van der Waals surface area (Å²) in [4.78, 5) is 0. The lowest BCUT2D eigenvalue weighted by Crippen LogP contribution is -2.67. The molecule has 0 bridgehead atoms. The Bertz CT molecular complexity index is 347. The molecule has 0 radical (unpaired) electrons. The standard InChI is InChI=1S/C12H22O10/c1-2-3(13)4(14)6(16)10(21-2)9(19)11-7(17)5(15)8(18)12(20)22-11/h2-20H,1H3/t2-,3+,4+,5-,6-,7+,8+,9?,10+,11-,12-/m0/s1. The third-order valence-corrected chi connectivity index (χ3v) is 4.19. The van der Waals surface area contributed by atoms with Crippen molar-refractivity contribution in [3.8, 4) is 0 Å². The maximum Gasteiger partial charge on any atom is 0.184 e. The maximum atomic E-state index is 10.2. The average molecular weight is 326 g/mol. The summed E-state index contributed by atoms with van der Waals surface area (Å²) in [6, 6.07) is 0. The van der Waals surface area contributed by atoms with Gasteiger partial charge >= 0.3 is 0 Å². The smallest absolute Gasteiger partial charge is 0.184 e. The zero-order valence-electron chi connectivity index (χ0n) is 11.7. The van der Waals surface area contributed by atoms with Gasteiger partial charge in [0.25, 0.3) is 0 Å². The van der Waals surface area contributed by atoms with E-state index in [0.717, 1.165) is 0 Å². The molecule has 0 aromatic carbocycles. The summed E-state index contributed by atoms with van der Waals surface area (Å²) in [7, 11) is 0. The van der Waals surface area contributed by atoms with Gasteiger partial charge in [0.2, 0.25) is 0 Å². The summed E-state index contributed by atoms with van der Waals surface area (Å²) in [5, 5.41) is 77.7. The topological polar surface area (TPSA) is 180 Å². The fourth-order valence-corrected chi connectivity index (χ4v) is 2.72. The van der Waals surface area contributed by atoms with Crippen LogP contribution in [0.5, 0.6) is 0 Å². The minimum Gasteiger partial charge on any atom is -0.388 e. The van der Waals surface area contributed by atoms with E-state index in [9.17, 15) is 40.9 Å². The SMILES string of the molecule is C[C@@H]1O[C@@H](C(O)[C@H]2O[C@H](O)[C@H](O)[C@@H](O)[C@H]2O)[C@@H](O)[C@H](O)[C@@H]1O. The molecule has 0 amide bonds. The molecule has 2 saturated heterocycles. The second-order valence-corrected chi connectivity index (χ2v) is 5.73. The Morgan fingerprint density at radius 2 is 1.09 bits per heavy atom.